The van der Waals surface area contributed by atoms with Gasteiger partial charge in [-0.15, -0.1) is 0 Å². The van der Waals surface area contributed by atoms with Crippen LogP contribution in [0.1, 0.15) is 63.0 Å². The summed E-state index contributed by atoms with van der Waals surface area (Å²) in [5, 5.41) is 24.7. The number of carboxylic acid groups (broad SMARTS) is 1. The van der Waals surface area contributed by atoms with Crippen molar-refractivity contribution in [2.24, 2.45) is 5.92 Å². The van der Waals surface area contributed by atoms with E-state index in [0.717, 1.165) is 44.3 Å². The Kier molecular flexibility index (Phi) is 9.63. The molecule has 0 spiro atoms. The second-order valence-corrected chi connectivity index (χ2v) is 10.2. The number of aliphatic hydroxyl groups excluding tert-OH is 1. The number of aromatic nitrogens is 2. The van der Waals surface area contributed by atoms with Gasteiger partial charge in [-0.1, -0.05) is 26.7 Å². The van der Waals surface area contributed by atoms with E-state index in [1.165, 1.54) is 0 Å². The van der Waals surface area contributed by atoms with E-state index in [-0.39, 0.29) is 37.8 Å². The lowest BCUT2D eigenvalue weighted by Crippen LogP contribution is -2.45. The van der Waals surface area contributed by atoms with Crippen LogP contribution in [0.25, 0.3) is 0 Å². The summed E-state index contributed by atoms with van der Waals surface area (Å²) in [4.78, 5) is 30.2. The number of aliphatic carboxylic acids is 1. The Morgan fingerprint density at radius 2 is 1.92 bits per heavy atom. The summed E-state index contributed by atoms with van der Waals surface area (Å²) in [6.07, 6.45) is 8.01. The van der Waals surface area contributed by atoms with Crippen molar-refractivity contribution >= 4 is 11.9 Å². The van der Waals surface area contributed by atoms with Gasteiger partial charge < -0.3 is 24.6 Å². The van der Waals surface area contributed by atoms with Crippen LogP contribution in [0, 0.1) is 5.92 Å². The fourth-order valence-electron chi connectivity index (χ4n) is 5.66. The summed E-state index contributed by atoms with van der Waals surface area (Å²) in [5.74, 6) is -0.933. The number of aryl methyl sites for hydroxylation is 1. The molecular formula is C28H40N4O6. The van der Waals surface area contributed by atoms with Gasteiger partial charge in [0.2, 0.25) is 12.7 Å². The molecule has 0 unspecified atom stereocenters. The average Bonchev–Trinajstić information content (AvgIpc) is 3.67. The van der Waals surface area contributed by atoms with Crippen molar-refractivity contribution in [3.63, 3.8) is 0 Å². The van der Waals surface area contributed by atoms with E-state index in [4.69, 9.17) is 9.47 Å². The van der Waals surface area contributed by atoms with E-state index in [1.807, 2.05) is 34.2 Å². The van der Waals surface area contributed by atoms with Gasteiger partial charge in [0.25, 0.3) is 0 Å². The van der Waals surface area contributed by atoms with Crippen molar-refractivity contribution in [1.82, 2.24) is 19.6 Å². The first-order valence-electron chi connectivity index (χ1n) is 13.7. The van der Waals surface area contributed by atoms with Crippen molar-refractivity contribution in [1.29, 1.82) is 0 Å². The molecule has 38 heavy (non-hydrogen) atoms. The van der Waals surface area contributed by atoms with Crippen LogP contribution in [-0.4, -0.2) is 80.7 Å². The Morgan fingerprint density at radius 1 is 1.16 bits per heavy atom. The zero-order chi connectivity index (χ0) is 27.1. The van der Waals surface area contributed by atoms with Gasteiger partial charge in [0.05, 0.1) is 19.1 Å². The molecule has 208 valence electrons. The third kappa shape index (κ3) is 6.30. The summed E-state index contributed by atoms with van der Waals surface area (Å²) in [6, 6.07) is 5.13. The number of rotatable bonds is 14. The van der Waals surface area contributed by atoms with E-state index in [2.05, 4.69) is 18.9 Å². The molecule has 2 N–H and O–H groups in total. The number of hydrogen-bond donors (Lipinski definition) is 2. The average molecular weight is 529 g/mol. The van der Waals surface area contributed by atoms with E-state index in [0.29, 0.717) is 36.6 Å². The van der Waals surface area contributed by atoms with Crippen LogP contribution in [-0.2, 0) is 22.7 Å². The number of unbranched alkanes of at least 4 members (excludes halogenated alkanes) is 2. The predicted octanol–water partition coefficient (Wildman–Crippen LogP) is 3.09. The van der Waals surface area contributed by atoms with Crippen LogP contribution >= 0.6 is 0 Å². The summed E-state index contributed by atoms with van der Waals surface area (Å²) in [7, 11) is 0. The summed E-state index contributed by atoms with van der Waals surface area (Å²) < 4.78 is 12.9. The Morgan fingerprint density at radius 3 is 2.55 bits per heavy atom. The van der Waals surface area contributed by atoms with Gasteiger partial charge in [0.1, 0.15) is 0 Å². The van der Waals surface area contributed by atoms with Gasteiger partial charge in [-0.3, -0.25) is 19.2 Å². The van der Waals surface area contributed by atoms with E-state index in [9.17, 15) is 19.8 Å². The van der Waals surface area contributed by atoms with Crippen molar-refractivity contribution in [2.45, 2.75) is 71.1 Å². The number of carbonyl (C=O) groups is 2. The van der Waals surface area contributed by atoms with Crippen LogP contribution in [0.5, 0.6) is 11.5 Å². The number of fused-ring (bicyclic) bond motifs is 1. The standard InChI is InChI=1S/C28H40N4O6/c1-3-5-10-30(11-6-4-2)25(34)17-31-16-22(20-14-21(18-33)27-24(15-20)37-19-38-27)26(28(35)36)23(31)8-13-32-12-7-9-29-32/h7,9,12,14-15,22-23,26,33H,3-6,8,10-11,13,16-19H2,1-2H3,(H,35,36)/t22-,23+,26-/m1/s1. The predicted molar refractivity (Wildman–Crippen MR) is 141 cm³/mol. The molecule has 1 aromatic heterocycles. The zero-order valence-electron chi connectivity index (χ0n) is 22.4. The molecular weight excluding hydrogens is 488 g/mol. The van der Waals surface area contributed by atoms with Crippen LogP contribution in [0.4, 0.5) is 0 Å². The highest BCUT2D eigenvalue weighted by Gasteiger charge is 2.47. The third-order valence-electron chi connectivity index (χ3n) is 7.67. The number of carbonyl (C=O) groups excluding carboxylic acids is 1. The molecule has 0 radical (unpaired) electrons. The van der Waals surface area contributed by atoms with E-state index in [1.54, 1.807) is 10.9 Å². The number of benzene rings is 1. The van der Waals surface area contributed by atoms with Gasteiger partial charge in [0, 0.05) is 56.1 Å². The van der Waals surface area contributed by atoms with Crippen LogP contribution in [0.3, 0.4) is 0 Å². The zero-order valence-corrected chi connectivity index (χ0v) is 22.4. The first kappa shape index (κ1) is 27.9. The molecule has 2 aromatic rings. The second-order valence-electron chi connectivity index (χ2n) is 10.2. The number of nitrogens with zero attached hydrogens (tertiary/aromatic N) is 4. The van der Waals surface area contributed by atoms with Gasteiger partial charge in [0.15, 0.2) is 11.5 Å². The highest BCUT2D eigenvalue weighted by Crippen LogP contribution is 2.44. The first-order valence-corrected chi connectivity index (χ1v) is 13.7. The molecule has 2 aliphatic heterocycles. The minimum Gasteiger partial charge on any atom is -0.481 e. The topological polar surface area (TPSA) is 117 Å². The lowest BCUT2D eigenvalue weighted by atomic mass is 9.83. The normalized spacial score (nSPS) is 20.7. The molecule has 2 aliphatic rings. The van der Waals surface area contributed by atoms with Crippen LogP contribution in [0.2, 0.25) is 0 Å². The number of likely N-dealkylation sites (tertiary alicyclic amines) is 1. The van der Waals surface area contributed by atoms with Crippen molar-refractivity contribution in [2.75, 3.05) is 33.0 Å². The fraction of sp³-hybridized carbons (Fsp3) is 0.607. The third-order valence-corrected chi connectivity index (χ3v) is 7.67. The lowest BCUT2D eigenvalue weighted by Gasteiger charge is -2.29. The molecule has 1 aromatic carbocycles. The molecule has 3 atom stereocenters. The Bertz CT molecular complexity index is 1070. The van der Waals surface area contributed by atoms with Gasteiger partial charge in [-0.25, -0.2) is 0 Å². The van der Waals surface area contributed by atoms with Crippen LogP contribution in [0.15, 0.2) is 30.6 Å². The quantitative estimate of drug-likeness (QED) is 0.384. The number of ether oxygens (including phenoxy) is 2. The van der Waals surface area contributed by atoms with Crippen molar-refractivity contribution in [3.05, 3.63) is 41.7 Å². The van der Waals surface area contributed by atoms with Gasteiger partial charge in [-0.2, -0.15) is 5.10 Å². The molecule has 0 aliphatic carbocycles. The van der Waals surface area contributed by atoms with Gasteiger partial charge >= 0.3 is 5.97 Å². The summed E-state index contributed by atoms with van der Waals surface area (Å²) >= 11 is 0. The molecule has 1 saturated heterocycles. The molecule has 10 heteroatoms. The monoisotopic (exact) mass is 528 g/mol. The Hall–Kier alpha value is -3.11. The fourth-order valence-corrected chi connectivity index (χ4v) is 5.66. The highest BCUT2D eigenvalue weighted by molar-refractivity contribution is 5.79. The minimum atomic E-state index is -0.896. The maximum absolute atomic E-state index is 13.5. The minimum absolute atomic E-state index is 0.0440. The molecule has 10 nitrogen and oxygen atoms in total. The largest absolute Gasteiger partial charge is 0.481 e. The smallest absolute Gasteiger partial charge is 0.308 e. The maximum Gasteiger partial charge on any atom is 0.308 e. The number of aliphatic hydroxyl groups is 1. The second kappa shape index (κ2) is 13.1. The molecule has 4 rings (SSSR count). The first-order chi connectivity index (χ1) is 18.5. The molecule has 0 bridgehead atoms. The summed E-state index contributed by atoms with van der Waals surface area (Å²) in [5.41, 5.74) is 1.35. The molecule has 1 fully saturated rings. The maximum atomic E-state index is 13.5. The molecule has 1 amide bonds. The number of hydrogen-bond acceptors (Lipinski definition) is 7. The highest BCUT2D eigenvalue weighted by atomic mass is 16.7. The summed E-state index contributed by atoms with van der Waals surface area (Å²) in [6.45, 7) is 6.64. The Balaban J connectivity index is 1.62. The molecule has 3 heterocycles. The van der Waals surface area contributed by atoms with Crippen molar-refractivity contribution < 1.29 is 29.3 Å². The number of amides is 1. The number of carboxylic acids is 1. The van der Waals surface area contributed by atoms with Gasteiger partial charge in [-0.05, 0) is 43.0 Å². The van der Waals surface area contributed by atoms with E-state index < -0.39 is 11.9 Å². The van der Waals surface area contributed by atoms with E-state index >= 15 is 0 Å². The van der Waals surface area contributed by atoms with Crippen molar-refractivity contribution in [3.8, 4) is 11.5 Å². The SMILES string of the molecule is CCCCN(CCCC)C(=O)CN1C[C@H](c2cc(CO)c3c(c2)OCO3)[C@@H](C(=O)O)[C@@H]1CCn1cccn1. The Labute approximate surface area is 224 Å². The van der Waals surface area contributed by atoms with Crippen LogP contribution < -0.4 is 9.47 Å². The lowest BCUT2D eigenvalue weighted by molar-refractivity contribution is -0.144. The molecule has 0 saturated carbocycles.